The van der Waals surface area contributed by atoms with E-state index >= 15 is 0 Å². The topological polar surface area (TPSA) is 62.2 Å². The van der Waals surface area contributed by atoms with Crippen LogP contribution >= 0.6 is 0 Å². The normalized spacial score (nSPS) is 10.8. The number of pyridine rings is 1. The minimum atomic E-state index is 0.0491. The number of nitrogens with zero attached hydrogens (tertiary/aromatic N) is 1. The van der Waals surface area contributed by atoms with E-state index in [1.165, 1.54) is 0 Å². The predicted molar refractivity (Wildman–Crippen MR) is 101 cm³/mol. The number of amides is 1. The third kappa shape index (κ3) is 3.63. The largest absolute Gasteiger partial charge is 0.508 e. The number of phenolic OH excluding ortho intramolecular Hbond substituents is 1. The van der Waals surface area contributed by atoms with E-state index in [-0.39, 0.29) is 5.91 Å². The zero-order valence-electron chi connectivity index (χ0n) is 14.8. The fourth-order valence-electron chi connectivity index (χ4n) is 2.94. The number of hydrogen-bond donors (Lipinski definition) is 2. The molecule has 1 amide bonds. The van der Waals surface area contributed by atoms with Gasteiger partial charge in [0, 0.05) is 24.4 Å². The summed E-state index contributed by atoms with van der Waals surface area (Å²) in [6.07, 6.45) is 1.20. The first-order chi connectivity index (χ1) is 12.0. The summed E-state index contributed by atoms with van der Waals surface area (Å²) in [4.78, 5) is 16.2. The molecule has 0 atom stereocenters. The van der Waals surface area contributed by atoms with E-state index < -0.39 is 0 Å². The van der Waals surface area contributed by atoms with Gasteiger partial charge in [-0.1, -0.05) is 6.07 Å². The van der Waals surface area contributed by atoms with Crippen LogP contribution in [0.25, 0.3) is 22.2 Å². The van der Waals surface area contributed by atoms with Crippen molar-refractivity contribution < 1.29 is 9.90 Å². The molecule has 2 N–H and O–H groups in total. The molecule has 4 heteroatoms. The van der Waals surface area contributed by atoms with Gasteiger partial charge in [-0.25, -0.2) is 4.98 Å². The zero-order valence-corrected chi connectivity index (χ0v) is 14.8. The Balaban J connectivity index is 1.97. The maximum atomic E-state index is 11.4. The second-order valence-electron chi connectivity index (χ2n) is 6.35. The first kappa shape index (κ1) is 17.0. The molecule has 3 aromatic rings. The number of rotatable bonds is 4. The van der Waals surface area contributed by atoms with Gasteiger partial charge < -0.3 is 10.4 Å². The molecule has 2 aromatic carbocycles. The monoisotopic (exact) mass is 334 g/mol. The molecule has 0 bridgehead atoms. The van der Waals surface area contributed by atoms with E-state index in [9.17, 15) is 9.90 Å². The summed E-state index contributed by atoms with van der Waals surface area (Å²) in [5, 5.41) is 13.5. The predicted octanol–water partition coefficient (Wildman–Crippen LogP) is 3.90. The number of aryl methyl sites for hydroxylation is 3. The molecule has 1 aromatic heterocycles. The second kappa shape index (κ2) is 6.93. The lowest BCUT2D eigenvalue weighted by Crippen LogP contribution is -2.17. The van der Waals surface area contributed by atoms with Crippen molar-refractivity contribution in [1.82, 2.24) is 10.3 Å². The van der Waals surface area contributed by atoms with Gasteiger partial charge in [-0.3, -0.25) is 4.79 Å². The second-order valence-corrected chi connectivity index (χ2v) is 6.35. The van der Waals surface area contributed by atoms with E-state index in [1.807, 2.05) is 31.2 Å². The van der Waals surface area contributed by atoms with E-state index in [4.69, 9.17) is 4.98 Å². The summed E-state index contributed by atoms with van der Waals surface area (Å²) in [6.45, 7) is 3.95. The van der Waals surface area contributed by atoms with Crippen LogP contribution in [0.15, 0.2) is 42.5 Å². The average molecular weight is 334 g/mol. The van der Waals surface area contributed by atoms with Crippen molar-refractivity contribution in [3.63, 3.8) is 0 Å². The van der Waals surface area contributed by atoms with Crippen LogP contribution in [0, 0.1) is 13.8 Å². The van der Waals surface area contributed by atoms with Crippen molar-refractivity contribution >= 4 is 16.8 Å². The summed E-state index contributed by atoms with van der Waals surface area (Å²) in [5.74, 6) is 0.343. The molecule has 0 aliphatic heterocycles. The highest BCUT2D eigenvalue weighted by molar-refractivity contribution is 5.86. The molecule has 0 aliphatic rings. The van der Waals surface area contributed by atoms with Crippen molar-refractivity contribution in [2.24, 2.45) is 0 Å². The van der Waals surface area contributed by atoms with Crippen molar-refractivity contribution in [3.8, 4) is 17.0 Å². The molecule has 128 valence electrons. The number of nitrogens with one attached hydrogen (secondary N) is 1. The van der Waals surface area contributed by atoms with Crippen LogP contribution in [0.2, 0.25) is 0 Å². The Labute approximate surface area is 147 Å². The number of hydrogen-bond acceptors (Lipinski definition) is 3. The van der Waals surface area contributed by atoms with Gasteiger partial charge in [-0.05, 0) is 73.4 Å². The van der Waals surface area contributed by atoms with Crippen LogP contribution in [0.4, 0.5) is 0 Å². The van der Waals surface area contributed by atoms with E-state index in [2.05, 4.69) is 24.4 Å². The molecule has 0 saturated heterocycles. The van der Waals surface area contributed by atoms with Gasteiger partial charge >= 0.3 is 0 Å². The molecule has 0 saturated carbocycles. The number of aromatic nitrogens is 1. The van der Waals surface area contributed by atoms with Crippen LogP contribution < -0.4 is 5.32 Å². The molecule has 0 radical (unpaired) electrons. The third-order valence-corrected chi connectivity index (χ3v) is 4.49. The Morgan fingerprint density at radius 2 is 1.88 bits per heavy atom. The minimum Gasteiger partial charge on any atom is -0.508 e. The van der Waals surface area contributed by atoms with Crippen molar-refractivity contribution in [2.45, 2.75) is 26.7 Å². The highest BCUT2D eigenvalue weighted by atomic mass is 16.3. The lowest BCUT2D eigenvalue weighted by Gasteiger charge is -2.10. The number of benzene rings is 2. The lowest BCUT2D eigenvalue weighted by atomic mass is 10.0. The van der Waals surface area contributed by atoms with Crippen LogP contribution in [-0.4, -0.2) is 23.0 Å². The maximum absolute atomic E-state index is 11.4. The molecule has 25 heavy (non-hydrogen) atoms. The van der Waals surface area contributed by atoms with Gasteiger partial charge in [-0.2, -0.15) is 0 Å². The van der Waals surface area contributed by atoms with Crippen molar-refractivity contribution in [2.75, 3.05) is 7.05 Å². The first-order valence-corrected chi connectivity index (χ1v) is 8.39. The van der Waals surface area contributed by atoms with Crippen LogP contribution in [-0.2, 0) is 11.2 Å². The SMILES string of the molecule is CNC(=O)CCc1ccc2nc(-c3ccc(O)c(C)c3)cc(C)c2c1. The highest BCUT2D eigenvalue weighted by Crippen LogP contribution is 2.28. The molecule has 3 rings (SSSR count). The summed E-state index contributed by atoms with van der Waals surface area (Å²) >= 11 is 0. The molecular weight excluding hydrogens is 312 g/mol. The molecule has 1 heterocycles. The van der Waals surface area contributed by atoms with E-state index in [1.54, 1.807) is 13.1 Å². The average Bonchev–Trinajstić information content (AvgIpc) is 2.62. The Kier molecular flexibility index (Phi) is 4.70. The Hall–Kier alpha value is -2.88. The van der Waals surface area contributed by atoms with Crippen LogP contribution in [0.5, 0.6) is 5.75 Å². The highest BCUT2D eigenvalue weighted by Gasteiger charge is 2.08. The summed E-state index contributed by atoms with van der Waals surface area (Å²) in [5.41, 5.74) is 5.93. The summed E-state index contributed by atoms with van der Waals surface area (Å²) in [6, 6.07) is 13.8. The van der Waals surface area contributed by atoms with Crippen molar-refractivity contribution in [3.05, 3.63) is 59.2 Å². The molecular formula is C21H22N2O2. The van der Waals surface area contributed by atoms with Gasteiger partial charge in [-0.15, -0.1) is 0 Å². The maximum Gasteiger partial charge on any atom is 0.220 e. The number of carbonyl (C=O) groups is 1. The number of phenols is 1. The molecule has 0 unspecified atom stereocenters. The molecule has 0 spiro atoms. The van der Waals surface area contributed by atoms with Crippen LogP contribution in [0.3, 0.4) is 0 Å². The van der Waals surface area contributed by atoms with E-state index in [0.29, 0.717) is 18.6 Å². The number of fused-ring (bicyclic) bond motifs is 1. The first-order valence-electron chi connectivity index (χ1n) is 8.39. The number of aromatic hydroxyl groups is 1. The number of carbonyl (C=O) groups excluding carboxylic acids is 1. The third-order valence-electron chi connectivity index (χ3n) is 4.49. The summed E-state index contributed by atoms with van der Waals surface area (Å²) < 4.78 is 0. The minimum absolute atomic E-state index is 0.0491. The van der Waals surface area contributed by atoms with Gasteiger partial charge in [0.1, 0.15) is 5.75 Å². The van der Waals surface area contributed by atoms with Crippen LogP contribution in [0.1, 0.15) is 23.1 Å². The van der Waals surface area contributed by atoms with E-state index in [0.717, 1.165) is 38.9 Å². The fraction of sp³-hybridized carbons (Fsp3) is 0.238. The standard InChI is InChI=1S/C21H22N2O2/c1-13-11-19(16-6-8-20(24)14(2)10-16)23-18-7-4-15(12-17(13)18)5-9-21(25)22-3/h4,6-8,10-12,24H,5,9H2,1-3H3,(H,22,25). The zero-order chi connectivity index (χ0) is 18.0. The lowest BCUT2D eigenvalue weighted by molar-refractivity contribution is -0.120. The molecule has 4 nitrogen and oxygen atoms in total. The van der Waals surface area contributed by atoms with Crippen molar-refractivity contribution in [1.29, 1.82) is 0 Å². The Morgan fingerprint density at radius 1 is 1.08 bits per heavy atom. The quantitative estimate of drug-likeness (QED) is 0.760. The molecule has 0 fully saturated rings. The summed E-state index contributed by atoms with van der Waals surface area (Å²) in [7, 11) is 1.66. The van der Waals surface area contributed by atoms with Gasteiger partial charge in [0.25, 0.3) is 0 Å². The Morgan fingerprint density at radius 3 is 2.60 bits per heavy atom. The Bertz CT molecular complexity index is 948. The van der Waals surface area contributed by atoms with Gasteiger partial charge in [0.05, 0.1) is 11.2 Å². The van der Waals surface area contributed by atoms with Gasteiger partial charge in [0.15, 0.2) is 0 Å². The molecule has 0 aliphatic carbocycles. The fourth-order valence-corrected chi connectivity index (χ4v) is 2.94. The smallest absolute Gasteiger partial charge is 0.220 e. The van der Waals surface area contributed by atoms with Gasteiger partial charge in [0.2, 0.25) is 5.91 Å².